The van der Waals surface area contributed by atoms with E-state index in [1.54, 1.807) is 6.92 Å². The molecule has 2 N–H and O–H groups in total. The molecule has 6 nitrogen and oxygen atoms in total. The number of fused-ring (bicyclic) bond motifs is 1. The standard InChI is InChI=1S/C12H16N2O4S/c1-2-18-9(15)5-6-13-12-14-10-7(11(16)17)3-4-8(10)19-12/h7H,2-6H2,1H3,(H,13,14)(H,16,17). The molecule has 0 aromatic carbocycles. The fraction of sp³-hybridized carbons (Fsp3) is 0.583. The number of carboxylic acids is 1. The molecule has 0 saturated carbocycles. The molecule has 2 rings (SSSR count). The van der Waals surface area contributed by atoms with E-state index in [1.807, 2.05) is 0 Å². The molecule has 0 fully saturated rings. The Balaban J connectivity index is 1.88. The minimum atomic E-state index is -0.817. The largest absolute Gasteiger partial charge is 0.481 e. The number of anilines is 1. The molecular weight excluding hydrogens is 268 g/mol. The summed E-state index contributed by atoms with van der Waals surface area (Å²) in [6, 6.07) is 0. The number of nitrogens with zero attached hydrogens (tertiary/aromatic N) is 1. The Labute approximate surface area is 114 Å². The van der Waals surface area contributed by atoms with E-state index in [4.69, 9.17) is 9.84 Å². The summed E-state index contributed by atoms with van der Waals surface area (Å²) in [5.74, 6) is -1.54. The van der Waals surface area contributed by atoms with Crippen molar-refractivity contribution < 1.29 is 19.4 Å². The number of carbonyl (C=O) groups excluding carboxylic acids is 1. The smallest absolute Gasteiger partial charge is 0.312 e. The Bertz CT molecular complexity index is 486. The highest BCUT2D eigenvalue weighted by Gasteiger charge is 2.32. The summed E-state index contributed by atoms with van der Waals surface area (Å²) in [6.07, 6.45) is 1.68. The molecule has 0 radical (unpaired) electrons. The van der Waals surface area contributed by atoms with Gasteiger partial charge in [-0.2, -0.15) is 0 Å². The molecule has 1 aromatic heterocycles. The third-order valence-electron chi connectivity index (χ3n) is 2.93. The van der Waals surface area contributed by atoms with Crippen LogP contribution < -0.4 is 5.32 Å². The number of hydrogen-bond donors (Lipinski definition) is 2. The monoisotopic (exact) mass is 284 g/mol. The Morgan fingerprint density at radius 1 is 1.58 bits per heavy atom. The molecule has 1 aliphatic rings. The van der Waals surface area contributed by atoms with Gasteiger partial charge in [0.05, 0.1) is 18.7 Å². The lowest BCUT2D eigenvalue weighted by atomic mass is 10.1. The highest BCUT2D eigenvalue weighted by Crippen LogP contribution is 2.38. The van der Waals surface area contributed by atoms with Crippen LogP contribution >= 0.6 is 11.3 Å². The van der Waals surface area contributed by atoms with Crippen LogP contribution in [-0.4, -0.2) is 35.2 Å². The molecule has 1 heterocycles. The van der Waals surface area contributed by atoms with Crippen molar-refractivity contribution in [2.75, 3.05) is 18.5 Å². The lowest BCUT2D eigenvalue weighted by molar-refractivity contribution is -0.142. The predicted molar refractivity (Wildman–Crippen MR) is 70.6 cm³/mol. The Hall–Kier alpha value is -1.63. The normalized spacial score (nSPS) is 17.0. The van der Waals surface area contributed by atoms with E-state index in [9.17, 15) is 9.59 Å². The quantitative estimate of drug-likeness (QED) is 0.772. The molecule has 1 aromatic rings. The zero-order chi connectivity index (χ0) is 13.8. The first-order valence-corrected chi connectivity index (χ1v) is 7.05. The minimum Gasteiger partial charge on any atom is -0.481 e. The first-order valence-electron chi connectivity index (χ1n) is 6.23. The minimum absolute atomic E-state index is 0.248. The number of ether oxygens (including phenoxy) is 1. The maximum atomic E-state index is 11.2. The summed E-state index contributed by atoms with van der Waals surface area (Å²) in [7, 11) is 0. The second-order valence-corrected chi connectivity index (χ2v) is 5.32. The lowest BCUT2D eigenvalue weighted by Gasteiger charge is -2.04. The summed E-state index contributed by atoms with van der Waals surface area (Å²) in [5.41, 5.74) is 0.677. The van der Waals surface area contributed by atoms with E-state index >= 15 is 0 Å². The molecule has 0 bridgehead atoms. The van der Waals surface area contributed by atoms with Crippen LogP contribution in [0.15, 0.2) is 0 Å². The Morgan fingerprint density at radius 2 is 2.37 bits per heavy atom. The van der Waals surface area contributed by atoms with Crippen molar-refractivity contribution in [1.29, 1.82) is 0 Å². The molecule has 104 valence electrons. The van der Waals surface area contributed by atoms with Gasteiger partial charge in [-0.15, -0.1) is 11.3 Å². The van der Waals surface area contributed by atoms with E-state index in [0.29, 0.717) is 30.4 Å². The fourth-order valence-electron chi connectivity index (χ4n) is 2.05. The molecule has 19 heavy (non-hydrogen) atoms. The maximum absolute atomic E-state index is 11.2. The van der Waals surface area contributed by atoms with Gasteiger partial charge in [-0.05, 0) is 19.8 Å². The van der Waals surface area contributed by atoms with Crippen LogP contribution in [0.25, 0.3) is 0 Å². The van der Waals surface area contributed by atoms with Crippen LogP contribution in [-0.2, 0) is 20.7 Å². The van der Waals surface area contributed by atoms with Gasteiger partial charge in [-0.25, -0.2) is 4.98 Å². The first kappa shape index (κ1) is 13.8. The molecule has 1 aliphatic carbocycles. The average molecular weight is 284 g/mol. The molecular formula is C12H16N2O4S. The second-order valence-electron chi connectivity index (χ2n) is 4.24. The van der Waals surface area contributed by atoms with Crippen LogP contribution in [0, 0.1) is 0 Å². The van der Waals surface area contributed by atoms with Gasteiger partial charge in [-0.3, -0.25) is 9.59 Å². The van der Waals surface area contributed by atoms with Crippen molar-refractivity contribution in [1.82, 2.24) is 4.98 Å². The number of carbonyl (C=O) groups is 2. The van der Waals surface area contributed by atoms with Gasteiger partial charge >= 0.3 is 11.9 Å². The van der Waals surface area contributed by atoms with Crippen molar-refractivity contribution in [2.45, 2.75) is 32.1 Å². The number of carboxylic acid groups (broad SMARTS) is 1. The number of nitrogens with one attached hydrogen (secondary N) is 1. The molecule has 0 spiro atoms. The molecule has 1 unspecified atom stereocenters. The fourth-order valence-corrected chi connectivity index (χ4v) is 3.11. The van der Waals surface area contributed by atoms with Crippen molar-refractivity contribution in [3.8, 4) is 0 Å². The SMILES string of the molecule is CCOC(=O)CCNc1nc2c(s1)CCC2C(=O)O. The van der Waals surface area contributed by atoms with Gasteiger partial charge in [0.2, 0.25) is 0 Å². The number of aryl methyl sites for hydroxylation is 1. The third kappa shape index (κ3) is 3.23. The van der Waals surface area contributed by atoms with Gasteiger partial charge in [-0.1, -0.05) is 0 Å². The van der Waals surface area contributed by atoms with Crippen molar-refractivity contribution in [2.24, 2.45) is 0 Å². The predicted octanol–water partition coefficient (Wildman–Crippen LogP) is 1.62. The molecule has 0 saturated heterocycles. The van der Waals surface area contributed by atoms with Crippen LogP contribution in [0.5, 0.6) is 0 Å². The van der Waals surface area contributed by atoms with Crippen molar-refractivity contribution in [3.63, 3.8) is 0 Å². The molecule has 7 heteroatoms. The molecule has 0 amide bonds. The second kappa shape index (κ2) is 6.01. The Morgan fingerprint density at radius 3 is 3.05 bits per heavy atom. The van der Waals surface area contributed by atoms with E-state index in [0.717, 1.165) is 11.3 Å². The summed E-state index contributed by atoms with van der Waals surface area (Å²) < 4.78 is 4.82. The van der Waals surface area contributed by atoms with E-state index < -0.39 is 11.9 Å². The van der Waals surface area contributed by atoms with Gasteiger partial charge in [0.1, 0.15) is 5.92 Å². The number of esters is 1. The number of hydrogen-bond acceptors (Lipinski definition) is 6. The summed E-state index contributed by atoms with van der Waals surface area (Å²) in [6.45, 7) is 2.59. The Kier molecular flexibility index (Phi) is 4.36. The number of aromatic nitrogens is 1. The van der Waals surface area contributed by atoms with Crippen molar-refractivity contribution in [3.05, 3.63) is 10.6 Å². The highest BCUT2D eigenvalue weighted by atomic mass is 32.1. The maximum Gasteiger partial charge on any atom is 0.312 e. The third-order valence-corrected chi connectivity index (χ3v) is 4.02. The van der Waals surface area contributed by atoms with Gasteiger partial charge < -0.3 is 15.2 Å². The number of rotatable bonds is 6. The zero-order valence-electron chi connectivity index (χ0n) is 10.6. The van der Waals surface area contributed by atoms with Crippen molar-refractivity contribution >= 4 is 28.4 Å². The van der Waals surface area contributed by atoms with Gasteiger partial charge in [0, 0.05) is 11.4 Å². The van der Waals surface area contributed by atoms with E-state index in [-0.39, 0.29) is 12.4 Å². The number of thiazole rings is 1. The summed E-state index contributed by atoms with van der Waals surface area (Å²) >= 11 is 1.47. The van der Waals surface area contributed by atoms with Crippen LogP contribution in [0.4, 0.5) is 5.13 Å². The van der Waals surface area contributed by atoms with E-state index in [1.165, 1.54) is 11.3 Å². The topological polar surface area (TPSA) is 88.5 Å². The number of aliphatic carboxylic acids is 1. The van der Waals surface area contributed by atoms with Gasteiger partial charge in [0.15, 0.2) is 5.13 Å². The van der Waals surface area contributed by atoms with E-state index in [2.05, 4.69) is 10.3 Å². The van der Waals surface area contributed by atoms with Crippen LogP contribution in [0.2, 0.25) is 0 Å². The summed E-state index contributed by atoms with van der Waals surface area (Å²) in [4.78, 5) is 27.5. The molecule has 1 atom stereocenters. The average Bonchev–Trinajstić information content (AvgIpc) is 2.88. The molecule has 0 aliphatic heterocycles. The van der Waals surface area contributed by atoms with Gasteiger partial charge in [0.25, 0.3) is 0 Å². The van der Waals surface area contributed by atoms with Crippen LogP contribution in [0.3, 0.4) is 0 Å². The first-order chi connectivity index (χ1) is 9.11. The lowest BCUT2D eigenvalue weighted by Crippen LogP contribution is -2.12. The zero-order valence-corrected chi connectivity index (χ0v) is 11.5. The summed E-state index contributed by atoms with van der Waals surface area (Å²) in [5, 5.41) is 12.8. The van der Waals surface area contributed by atoms with Crippen LogP contribution in [0.1, 0.15) is 36.3 Å². The highest BCUT2D eigenvalue weighted by molar-refractivity contribution is 7.15.